The number of hydrogen-bond donors (Lipinski definition) is 0. The van der Waals surface area contributed by atoms with Crippen LogP contribution < -0.4 is 9.21 Å². The molecule has 3 heterocycles. The first kappa shape index (κ1) is 24.5. The third-order valence-corrected chi connectivity index (χ3v) is 9.40. The predicted octanol–water partition coefficient (Wildman–Crippen LogP) is 1.85. The Hall–Kier alpha value is -2.66. The van der Waals surface area contributed by atoms with E-state index in [0.29, 0.717) is 26.2 Å². The average molecular weight is 507 g/mol. The lowest BCUT2D eigenvalue weighted by Gasteiger charge is -2.36. The molecule has 2 fully saturated rings. The van der Waals surface area contributed by atoms with Crippen LogP contribution in [0.15, 0.2) is 35.4 Å². The number of carbonyl (C=O) groups is 1. The molecule has 34 heavy (non-hydrogen) atoms. The van der Waals surface area contributed by atoms with Crippen LogP contribution >= 0.6 is 0 Å². The van der Waals surface area contributed by atoms with Gasteiger partial charge in [-0.1, -0.05) is 13.0 Å². The highest BCUT2D eigenvalue weighted by Gasteiger charge is 2.35. The molecular weight excluding hydrogens is 476 g/mol. The number of nitrogens with zero attached hydrogens (tertiary/aromatic N) is 4. The van der Waals surface area contributed by atoms with Crippen molar-refractivity contribution in [3.05, 3.63) is 47.2 Å². The molecule has 11 heteroatoms. The summed E-state index contributed by atoms with van der Waals surface area (Å²) in [6, 6.07) is 6.34. The maximum atomic E-state index is 13.3. The van der Waals surface area contributed by atoms with Crippen molar-refractivity contribution in [3.8, 4) is 0 Å². The Morgan fingerprint density at radius 3 is 2.32 bits per heavy atom. The van der Waals surface area contributed by atoms with Crippen LogP contribution in [0, 0.1) is 19.8 Å². The van der Waals surface area contributed by atoms with Gasteiger partial charge in [-0.15, -0.1) is 0 Å². The number of sulfone groups is 1. The van der Waals surface area contributed by atoms with E-state index in [1.807, 2.05) is 27.0 Å². The summed E-state index contributed by atoms with van der Waals surface area (Å²) in [6.45, 7) is 8.14. The zero-order chi connectivity index (χ0) is 24.8. The van der Waals surface area contributed by atoms with Gasteiger partial charge in [-0.05, 0) is 49.1 Å². The molecule has 2 saturated heterocycles. The van der Waals surface area contributed by atoms with Gasteiger partial charge in [0.05, 0.1) is 21.9 Å². The van der Waals surface area contributed by atoms with Crippen molar-refractivity contribution in [3.63, 3.8) is 0 Å². The standard InChI is InChI=1S/C23H30N4O5S2/c1-16-11-18(3)22(24-13-16)25-7-9-26(10-8-25)23(28)20-6-5-19(12-21(20)33(4,29)30)27-14-17(2)15-34(27,31)32/h5-6,11-13,17H,7-10,14-15H2,1-4H3/t17-/m0/s1. The molecule has 4 rings (SSSR count). The van der Waals surface area contributed by atoms with Crippen molar-refractivity contribution in [2.75, 3.05) is 53.9 Å². The van der Waals surface area contributed by atoms with E-state index in [-0.39, 0.29) is 40.3 Å². The van der Waals surface area contributed by atoms with E-state index in [4.69, 9.17) is 0 Å². The van der Waals surface area contributed by atoms with Crippen molar-refractivity contribution >= 4 is 37.3 Å². The van der Waals surface area contributed by atoms with Gasteiger partial charge in [-0.25, -0.2) is 21.8 Å². The van der Waals surface area contributed by atoms with E-state index < -0.39 is 19.9 Å². The first-order valence-corrected chi connectivity index (χ1v) is 14.7. The summed E-state index contributed by atoms with van der Waals surface area (Å²) >= 11 is 0. The number of rotatable bonds is 4. The van der Waals surface area contributed by atoms with Crippen LogP contribution in [0.2, 0.25) is 0 Å². The van der Waals surface area contributed by atoms with Crippen molar-refractivity contribution in [1.82, 2.24) is 9.88 Å². The van der Waals surface area contributed by atoms with Crippen molar-refractivity contribution in [2.24, 2.45) is 5.92 Å². The number of carbonyl (C=O) groups excluding carboxylic acids is 1. The molecule has 0 bridgehead atoms. The number of aryl methyl sites for hydroxylation is 2. The molecule has 0 N–H and O–H groups in total. The molecule has 2 aliphatic rings. The molecule has 0 aliphatic carbocycles. The van der Waals surface area contributed by atoms with Crippen molar-refractivity contribution in [2.45, 2.75) is 25.7 Å². The summed E-state index contributed by atoms with van der Waals surface area (Å²) in [7, 11) is -7.29. The lowest BCUT2D eigenvalue weighted by Crippen LogP contribution is -2.49. The zero-order valence-electron chi connectivity index (χ0n) is 19.9. The summed E-state index contributed by atoms with van der Waals surface area (Å²) in [5.41, 5.74) is 2.49. The highest BCUT2D eigenvalue weighted by atomic mass is 32.2. The fourth-order valence-corrected chi connectivity index (χ4v) is 7.46. The van der Waals surface area contributed by atoms with Crippen LogP contribution in [0.25, 0.3) is 0 Å². The number of piperazine rings is 1. The highest BCUT2D eigenvalue weighted by molar-refractivity contribution is 7.93. The van der Waals surface area contributed by atoms with E-state index in [2.05, 4.69) is 16.0 Å². The number of benzene rings is 1. The maximum Gasteiger partial charge on any atom is 0.255 e. The molecule has 184 valence electrons. The molecule has 9 nitrogen and oxygen atoms in total. The predicted molar refractivity (Wildman–Crippen MR) is 132 cm³/mol. The van der Waals surface area contributed by atoms with E-state index in [0.717, 1.165) is 23.2 Å². The lowest BCUT2D eigenvalue weighted by molar-refractivity contribution is 0.0742. The topological polar surface area (TPSA) is 108 Å². The Morgan fingerprint density at radius 2 is 1.76 bits per heavy atom. The van der Waals surface area contributed by atoms with Gasteiger partial charge in [0.1, 0.15) is 5.82 Å². The molecule has 1 aromatic heterocycles. The smallest absolute Gasteiger partial charge is 0.255 e. The molecule has 1 atom stereocenters. The highest BCUT2D eigenvalue weighted by Crippen LogP contribution is 2.31. The minimum absolute atomic E-state index is 0.0154. The van der Waals surface area contributed by atoms with Gasteiger partial charge in [-0.3, -0.25) is 9.10 Å². The van der Waals surface area contributed by atoms with E-state index >= 15 is 0 Å². The Bertz CT molecular complexity index is 1330. The fraction of sp³-hybridized carbons (Fsp3) is 0.478. The van der Waals surface area contributed by atoms with Crippen molar-refractivity contribution in [1.29, 1.82) is 0 Å². The molecule has 0 unspecified atom stereocenters. The number of amides is 1. The molecule has 0 spiro atoms. The summed E-state index contributed by atoms with van der Waals surface area (Å²) < 4.78 is 51.4. The summed E-state index contributed by atoms with van der Waals surface area (Å²) in [5, 5.41) is 0. The largest absolute Gasteiger partial charge is 0.353 e. The molecule has 0 saturated carbocycles. The van der Waals surface area contributed by atoms with Crippen molar-refractivity contribution < 1.29 is 21.6 Å². The number of pyridine rings is 1. The lowest BCUT2D eigenvalue weighted by atomic mass is 10.1. The minimum atomic E-state index is -3.77. The van der Waals surface area contributed by atoms with Gasteiger partial charge in [-0.2, -0.15) is 0 Å². The molecule has 1 amide bonds. The van der Waals surface area contributed by atoms with Gasteiger partial charge >= 0.3 is 0 Å². The number of sulfonamides is 1. The Balaban J connectivity index is 1.57. The first-order valence-electron chi connectivity index (χ1n) is 11.2. The second-order valence-electron chi connectivity index (χ2n) is 9.30. The second kappa shape index (κ2) is 8.84. The minimum Gasteiger partial charge on any atom is -0.353 e. The van der Waals surface area contributed by atoms with E-state index in [9.17, 15) is 21.6 Å². The van der Waals surface area contributed by atoms with Crippen LogP contribution in [0.4, 0.5) is 11.5 Å². The summed E-state index contributed by atoms with van der Waals surface area (Å²) in [5.74, 6) is 0.468. The van der Waals surface area contributed by atoms with E-state index in [1.165, 1.54) is 22.5 Å². The summed E-state index contributed by atoms with van der Waals surface area (Å²) in [6.07, 6.45) is 2.86. The Morgan fingerprint density at radius 1 is 1.09 bits per heavy atom. The third-order valence-electron chi connectivity index (χ3n) is 6.25. The number of hydrogen-bond acceptors (Lipinski definition) is 7. The molecule has 2 aliphatic heterocycles. The molecular formula is C23H30N4O5S2. The number of anilines is 2. The van der Waals surface area contributed by atoms with E-state index in [1.54, 1.807) is 4.90 Å². The average Bonchev–Trinajstić information content (AvgIpc) is 3.04. The molecule has 2 aromatic rings. The summed E-state index contributed by atoms with van der Waals surface area (Å²) in [4.78, 5) is 21.5. The Labute approximate surface area is 201 Å². The Kier molecular flexibility index (Phi) is 6.36. The fourth-order valence-electron chi connectivity index (χ4n) is 4.65. The third kappa shape index (κ3) is 4.76. The maximum absolute atomic E-state index is 13.3. The number of aromatic nitrogens is 1. The van der Waals surface area contributed by atoms with Crippen LogP contribution in [-0.4, -0.2) is 77.4 Å². The van der Waals surface area contributed by atoms with Crippen LogP contribution in [0.3, 0.4) is 0 Å². The zero-order valence-corrected chi connectivity index (χ0v) is 21.5. The van der Waals surface area contributed by atoms with Gasteiger partial charge in [0.25, 0.3) is 5.91 Å². The monoisotopic (exact) mass is 506 g/mol. The van der Waals surface area contributed by atoms with Crippen LogP contribution in [-0.2, 0) is 19.9 Å². The normalized spacial score (nSPS) is 20.6. The van der Waals surface area contributed by atoms with Gasteiger partial charge < -0.3 is 9.80 Å². The molecule has 0 radical (unpaired) electrons. The SMILES string of the molecule is Cc1cnc(N2CCN(C(=O)c3ccc(N4C[C@H](C)CS4(=O)=O)cc3S(C)(=O)=O)CC2)c(C)c1. The van der Waals surface area contributed by atoms with Gasteiger partial charge in [0, 0.05) is 45.2 Å². The van der Waals surface area contributed by atoms with Crippen LogP contribution in [0.5, 0.6) is 0 Å². The van der Waals surface area contributed by atoms with Gasteiger partial charge in [0.15, 0.2) is 9.84 Å². The van der Waals surface area contributed by atoms with Gasteiger partial charge in [0.2, 0.25) is 10.0 Å². The molecule has 1 aromatic carbocycles. The first-order chi connectivity index (χ1) is 15.9. The quantitative estimate of drug-likeness (QED) is 0.623. The van der Waals surface area contributed by atoms with Crippen LogP contribution in [0.1, 0.15) is 28.4 Å². The second-order valence-corrected chi connectivity index (χ2v) is 13.2.